The summed E-state index contributed by atoms with van der Waals surface area (Å²) in [6, 6.07) is 13.2. The van der Waals surface area contributed by atoms with E-state index < -0.39 is 0 Å². The zero-order valence-electron chi connectivity index (χ0n) is 9.12. The van der Waals surface area contributed by atoms with E-state index in [-0.39, 0.29) is 0 Å². The fourth-order valence-electron chi connectivity index (χ4n) is 2.44. The predicted octanol–water partition coefficient (Wildman–Crippen LogP) is 2.62. The van der Waals surface area contributed by atoms with E-state index in [4.69, 9.17) is 0 Å². The van der Waals surface area contributed by atoms with Gasteiger partial charge in [0.1, 0.15) is 0 Å². The standard InChI is InChI=1S/C14H14N/c1-10-7-11(2)15-9-12-5-3-4-6-13(12)14(15)8-10/h3-8H,9H2,1-2H3/q+1. The van der Waals surface area contributed by atoms with Crippen LogP contribution in [0.25, 0.3) is 11.3 Å². The summed E-state index contributed by atoms with van der Waals surface area (Å²) in [6.07, 6.45) is 0. The summed E-state index contributed by atoms with van der Waals surface area (Å²) in [7, 11) is 0. The van der Waals surface area contributed by atoms with Crippen LogP contribution >= 0.6 is 0 Å². The maximum absolute atomic E-state index is 2.39. The minimum atomic E-state index is 1.03. The maximum Gasteiger partial charge on any atom is 0.213 e. The molecule has 0 N–H and O–H groups in total. The minimum absolute atomic E-state index is 1.03. The molecule has 0 saturated carbocycles. The molecule has 3 rings (SSSR count). The molecule has 0 bridgehead atoms. The number of aromatic nitrogens is 1. The van der Waals surface area contributed by atoms with Gasteiger partial charge in [-0.25, -0.2) is 0 Å². The second kappa shape index (κ2) is 2.93. The molecule has 1 aromatic heterocycles. The van der Waals surface area contributed by atoms with Crippen molar-refractivity contribution in [2.24, 2.45) is 0 Å². The molecule has 2 heterocycles. The van der Waals surface area contributed by atoms with E-state index in [9.17, 15) is 0 Å². The molecular weight excluding hydrogens is 182 g/mol. The Morgan fingerprint density at radius 3 is 2.73 bits per heavy atom. The van der Waals surface area contributed by atoms with Gasteiger partial charge in [-0.1, -0.05) is 18.2 Å². The van der Waals surface area contributed by atoms with Crippen molar-refractivity contribution in [2.45, 2.75) is 20.4 Å². The molecule has 15 heavy (non-hydrogen) atoms. The third-order valence-electron chi connectivity index (χ3n) is 3.14. The molecule has 1 nitrogen and oxygen atoms in total. The first-order chi connectivity index (χ1) is 7.25. The lowest BCUT2D eigenvalue weighted by Crippen LogP contribution is -2.35. The second-order valence-corrected chi connectivity index (χ2v) is 4.30. The van der Waals surface area contributed by atoms with Crippen molar-refractivity contribution >= 4 is 0 Å². The van der Waals surface area contributed by atoms with E-state index in [1.807, 2.05) is 0 Å². The summed E-state index contributed by atoms with van der Waals surface area (Å²) in [5.74, 6) is 0. The molecule has 0 unspecified atom stereocenters. The van der Waals surface area contributed by atoms with Crippen LogP contribution in [0.4, 0.5) is 0 Å². The van der Waals surface area contributed by atoms with Gasteiger partial charge >= 0.3 is 0 Å². The van der Waals surface area contributed by atoms with E-state index in [1.165, 1.54) is 28.1 Å². The zero-order chi connectivity index (χ0) is 10.4. The molecule has 0 atom stereocenters. The lowest BCUT2D eigenvalue weighted by Gasteiger charge is -1.99. The van der Waals surface area contributed by atoms with Crippen LogP contribution in [0.15, 0.2) is 36.4 Å². The number of aryl methyl sites for hydroxylation is 2. The summed E-state index contributed by atoms with van der Waals surface area (Å²) < 4.78 is 2.39. The maximum atomic E-state index is 2.39. The van der Waals surface area contributed by atoms with Crippen LogP contribution in [0.3, 0.4) is 0 Å². The number of pyridine rings is 1. The number of hydrogen-bond acceptors (Lipinski definition) is 0. The van der Waals surface area contributed by atoms with Gasteiger partial charge in [-0.05, 0) is 18.6 Å². The van der Waals surface area contributed by atoms with Crippen molar-refractivity contribution in [1.82, 2.24) is 0 Å². The van der Waals surface area contributed by atoms with Crippen molar-refractivity contribution in [1.29, 1.82) is 0 Å². The largest absolute Gasteiger partial charge is 0.213 e. The Kier molecular flexibility index (Phi) is 1.69. The molecule has 1 aliphatic rings. The van der Waals surface area contributed by atoms with Crippen LogP contribution < -0.4 is 4.57 Å². The van der Waals surface area contributed by atoms with E-state index in [0.717, 1.165) is 6.54 Å². The number of fused-ring (bicyclic) bond motifs is 3. The van der Waals surface area contributed by atoms with Gasteiger partial charge in [0, 0.05) is 24.6 Å². The molecule has 0 aliphatic carbocycles. The average molecular weight is 196 g/mol. The van der Waals surface area contributed by atoms with Crippen LogP contribution in [0.2, 0.25) is 0 Å². The van der Waals surface area contributed by atoms with Gasteiger partial charge in [-0.3, -0.25) is 0 Å². The highest BCUT2D eigenvalue weighted by Crippen LogP contribution is 2.27. The molecule has 1 heteroatoms. The van der Waals surface area contributed by atoms with Crippen molar-refractivity contribution in [2.75, 3.05) is 0 Å². The number of rotatable bonds is 0. The van der Waals surface area contributed by atoms with E-state index in [2.05, 4.69) is 54.8 Å². The Bertz CT molecular complexity index is 541. The first kappa shape index (κ1) is 8.66. The van der Waals surface area contributed by atoms with Crippen LogP contribution in [0, 0.1) is 13.8 Å². The fraction of sp³-hybridized carbons (Fsp3) is 0.214. The summed E-state index contributed by atoms with van der Waals surface area (Å²) in [6.45, 7) is 5.37. The summed E-state index contributed by atoms with van der Waals surface area (Å²) in [4.78, 5) is 0. The van der Waals surface area contributed by atoms with Crippen LogP contribution in [-0.4, -0.2) is 0 Å². The molecule has 0 amide bonds. The Balaban J connectivity index is 2.33. The average Bonchev–Trinajstić information content (AvgIpc) is 2.57. The van der Waals surface area contributed by atoms with Crippen LogP contribution in [0.1, 0.15) is 16.8 Å². The SMILES string of the molecule is Cc1cc(C)[n+]2c(c1)-c1ccccc1C2. The lowest BCUT2D eigenvalue weighted by molar-refractivity contribution is -0.678. The highest BCUT2D eigenvalue weighted by Gasteiger charge is 2.27. The van der Waals surface area contributed by atoms with Gasteiger partial charge in [-0.2, -0.15) is 4.57 Å². The topological polar surface area (TPSA) is 3.88 Å². The van der Waals surface area contributed by atoms with E-state index in [0.29, 0.717) is 0 Å². The lowest BCUT2D eigenvalue weighted by atomic mass is 10.1. The van der Waals surface area contributed by atoms with Crippen LogP contribution in [-0.2, 0) is 6.54 Å². The van der Waals surface area contributed by atoms with Crippen molar-refractivity contribution in [3.63, 3.8) is 0 Å². The Hall–Kier alpha value is -1.63. The van der Waals surface area contributed by atoms with Gasteiger partial charge in [-0.15, -0.1) is 0 Å². The molecule has 2 aromatic rings. The predicted molar refractivity (Wildman–Crippen MR) is 60.6 cm³/mol. The first-order valence-corrected chi connectivity index (χ1v) is 5.35. The molecule has 0 spiro atoms. The fourth-order valence-corrected chi connectivity index (χ4v) is 2.44. The normalized spacial score (nSPS) is 12.4. The molecule has 0 saturated heterocycles. The molecule has 74 valence electrons. The smallest absolute Gasteiger partial charge is 0.191 e. The first-order valence-electron chi connectivity index (χ1n) is 5.35. The third kappa shape index (κ3) is 1.19. The Labute approximate surface area is 90.0 Å². The van der Waals surface area contributed by atoms with Gasteiger partial charge in [0.05, 0.1) is 5.56 Å². The summed E-state index contributed by atoms with van der Waals surface area (Å²) >= 11 is 0. The Morgan fingerprint density at radius 1 is 1.07 bits per heavy atom. The number of benzene rings is 1. The monoisotopic (exact) mass is 196 g/mol. The van der Waals surface area contributed by atoms with Crippen molar-refractivity contribution in [3.8, 4) is 11.3 Å². The van der Waals surface area contributed by atoms with Crippen molar-refractivity contribution in [3.05, 3.63) is 53.2 Å². The van der Waals surface area contributed by atoms with Crippen LogP contribution in [0.5, 0.6) is 0 Å². The van der Waals surface area contributed by atoms with Crippen molar-refractivity contribution < 1.29 is 4.57 Å². The van der Waals surface area contributed by atoms with Gasteiger partial charge < -0.3 is 0 Å². The number of nitrogens with zero attached hydrogens (tertiary/aromatic N) is 1. The van der Waals surface area contributed by atoms with E-state index in [1.54, 1.807) is 0 Å². The van der Waals surface area contributed by atoms with Gasteiger partial charge in [0.15, 0.2) is 12.2 Å². The molecule has 0 fully saturated rings. The highest BCUT2D eigenvalue weighted by atomic mass is 15.0. The molecular formula is C14H14N+. The quantitative estimate of drug-likeness (QED) is 0.487. The summed E-state index contributed by atoms with van der Waals surface area (Å²) in [5, 5.41) is 0. The molecule has 1 aliphatic heterocycles. The molecule has 1 aromatic carbocycles. The summed E-state index contributed by atoms with van der Waals surface area (Å²) in [5.41, 5.74) is 6.88. The second-order valence-electron chi connectivity index (χ2n) is 4.30. The Morgan fingerprint density at radius 2 is 1.87 bits per heavy atom. The molecule has 0 radical (unpaired) electrons. The van der Waals surface area contributed by atoms with E-state index >= 15 is 0 Å². The zero-order valence-corrected chi connectivity index (χ0v) is 9.12. The minimum Gasteiger partial charge on any atom is -0.191 e. The number of hydrogen-bond donors (Lipinski definition) is 0. The highest BCUT2D eigenvalue weighted by molar-refractivity contribution is 5.63. The van der Waals surface area contributed by atoms with Gasteiger partial charge in [0.2, 0.25) is 5.69 Å². The van der Waals surface area contributed by atoms with Gasteiger partial charge in [0.25, 0.3) is 0 Å². The third-order valence-corrected chi connectivity index (χ3v) is 3.14.